The van der Waals surface area contributed by atoms with Crippen molar-refractivity contribution in [3.05, 3.63) is 29.6 Å². The number of hydrogen-bond acceptors (Lipinski definition) is 1. The Balaban J connectivity index is 2.51. The SMILES string of the molecule is C#CCCCOc1cccc(C)c1F. The monoisotopic (exact) mass is 192 g/mol. The zero-order valence-corrected chi connectivity index (χ0v) is 8.22. The first kappa shape index (κ1) is 10.6. The number of aryl methyl sites for hydroxylation is 1. The van der Waals surface area contributed by atoms with Crippen LogP contribution in [0.1, 0.15) is 18.4 Å². The van der Waals surface area contributed by atoms with Crippen molar-refractivity contribution in [2.45, 2.75) is 19.8 Å². The summed E-state index contributed by atoms with van der Waals surface area (Å²) in [6.45, 7) is 2.17. The maximum atomic E-state index is 13.3. The van der Waals surface area contributed by atoms with Gasteiger partial charge in [-0.25, -0.2) is 4.39 Å². The number of unbranched alkanes of at least 4 members (excludes halogenated alkanes) is 1. The summed E-state index contributed by atoms with van der Waals surface area (Å²) in [5.41, 5.74) is 0.597. The molecule has 0 aliphatic heterocycles. The molecular formula is C12H13FO. The molecule has 0 aromatic heterocycles. The number of ether oxygens (including phenoxy) is 1. The molecule has 0 unspecified atom stereocenters. The molecule has 0 N–H and O–H groups in total. The van der Waals surface area contributed by atoms with E-state index in [2.05, 4.69) is 5.92 Å². The fourth-order valence-corrected chi connectivity index (χ4v) is 1.09. The number of hydrogen-bond donors (Lipinski definition) is 0. The predicted octanol–water partition coefficient (Wildman–Crippen LogP) is 2.93. The predicted molar refractivity (Wildman–Crippen MR) is 54.7 cm³/mol. The Kier molecular flexibility index (Phi) is 4.00. The maximum absolute atomic E-state index is 13.3. The largest absolute Gasteiger partial charge is 0.490 e. The molecule has 0 atom stereocenters. The Morgan fingerprint density at radius 2 is 2.29 bits per heavy atom. The molecule has 0 heterocycles. The highest BCUT2D eigenvalue weighted by Gasteiger charge is 2.04. The second-order valence-electron chi connectivity index (χ2n) is 3.04. The lowest BCUT2D eigenvalue weighted by Gasteiger charge is -2.07. The second kappa shape index (κ2) is 5.29. The van der Waals surface area contributed by atoms with Gasteiger partial charge >= 0.3 is 0 Å². The summed E-state index contributed by atoms with van der Waals surface area (Å²) in [6.07, 6.45) is 6.50. The van der Waals surface area contributed by atoms with Gasteiger partial charge in [0.05, 0.1) is 6.61 Å². The van der Waals surface area contributed by atoms with E-state index in [1.807, 2.05) is 0 Å². The highest BCUT2D eigenvalue weighted by molar-refractivity contribution is 5.29. The third-order valence-electron chi connectivity index (χ3n) is 1.88. The van der Waals surface area contributed by atoms with Gasteiger partial charge in [0.15, 0.2) is 11.6 Å². The van der Waals surface area contributed by atoms with Gasteiger partial charge in [-0.2, -0.15) is 0 Å². The van der Waals surface area contributed by atoms with Crippen molar-refractivity contribution in [2.24, 2.45) is 0 Å². The molecular weight excluding hydrogens is 179 g/mol. The fraction of sp³-hybridized carbons (Fsp3) is 0.333. The van der Waals surface area contributed by atoms with Crippen LogP contribution in [-0.2, 0) is 0 Å². The van der Waals surface area contributed by atoms with E-state index in [-0.39, 0.29) is 5.82 Å². The molecule has 1 rings (SSSR count). The first-order valence-electron chi connectivity index (χ1n) is 4.57. The Hall–Kier alpha value is -1.49. The normalized spacial score (nSPS) is 9.50. The van der Waals surface area contributed by atoms with E-state index in [4.69, 9.17) is 11.2 Å². The van der Waals surface area contributed by atoms with Crippen LogP contribution in [0.15, 0.2) is 18.2 Å². The van der Waals surface area contributed by atoms with Crippen LogP contribution >= 0.6 is 0 Å². The van der Waals surface area contributed by atoms with E-state index < -0.39 is 0 Å². The standard InChI is InChI=1S/C12H13FO/c1-3-4-5-9-14-11-8-6-7-10(2)12(11)13/h1,6-8H,4-5,9H2,2H3. The molecule has 0 fully saturated rings. The topological polar surface area (TPSA) is 9.23 Å². The summed E-state index contributed by atoms with van der Waals surface area (Å²) in [6, 6.07) is 5.11. The summed E-state index contributed by atoms with van der Waals surface area (Å²) in [7, 11) is 0. The maximum Gasteiger partial charge on any atom is 0.167 e. The van der Waals surface area contributed by atoms with E-state index in [9.17, 15) is 4.39 Å². The molecule has 1 nitrogen and oxygen atoms in total. The molecule has 74 valence electrons. The number of halogens is 1. The van der Waals surface area contributed by atoms with Gasteiger partial charge < -0.3 is 4.74 Å². The first-order chi connectivity index (χ1) is 6.75. The van der Waals surface area contributed by atoms with Crippen LogP contribution in [-0.4, -0.2) is 6.61 Å². The lowest BCUT2D eigenvalue weighted by Crippen LogP contribution is -1.99. The molecule has 0 aliphatic rings. The molecule has 14 heavy (non-hydrogen) atoms. The quantitative estimate of drug-likeness (QED) is 0.526. The van der Waals surface area contributed by atoms with Crippen molar-refractivity contribution >= 4 is 0 Å². The van der Waals surface area contributed by atoms with Crippen molar-refractivity contribution in [1.82, 2.24) is 0 Å². The number of terminal acetylenes is 1. The van der Waals surface area contributed by atoms with E-state index in [1.165, 1.54) is 0 Å². The molecule has 0 spiro atoms. The van der Waals surface area contributed by atoms with Crippen LogP contribution in [0.5, 0.6) is 5.75 Å². The van der Waals surface area contributed by atoms with Gasteiger partial charge in [-0.05, 0) is 25.0 Å². The molecule has 0 aliphatic carbocycles. The molecule has 1 aromatic rings. The summed E-state index contributed by atoms with van der Waals surface area (Å²) >= 11 is 0. The smallest absolute Gasteiger partial charge is 0.167 e. The minimum Gasteiger partial charge on any atom is -0.490 e. The van der Waals surface area contributed by atoms with Crippen LogP contribution < -0.4 is 4.74 Å². The third-order valence-corrected chi connectivity index (χ3v) is 1.88. The van der Waals surface area contributed by atoms with Gasteiger partial charge in [0, 0.05) is 6.42 Å². The Bertz CT molecular complexity index is 339. The minimum absolute atomic E-state index is 0.284. The Morgan fingerprint density at radius 3 is 3.00 bits per heavy atom. The van der Waals surface area contributed by atoms with E-state index in [0.29, 0.717) is 24.3 Å². The highest BCUT2D eigenvalue weighted by Crippen LogP contribution is 2.19. The third kappa shape index (κ3) is 2.77. The second-order valence-corrected chi connectivity index (χ2v) is 3.04. The minimum atomic E-state index is -0.284. The van der Waals surface area contributed by atoms with Gasteiger partial charge in [-0.15, -0.1) is 12.3 Å². The average molecular weight is 192 g/mol. The number of rotatable bonds is 4. The van der Waals surface area contributed by atoms with Gasteiger partial charge in [-0.3, -0.25) is 0 Å². The molecule has 1 aromatic carbocycles. The van der Waals surface area contributed by atoms with Gasteiger partial charge in [0.25, 0.3) is 0 Å². The summed E-state index contributed by atoms with van der Waals surface area (Å²) in [5.74, 6) is 2.53. The van der Waals surface area contributed by atoms with Crippen molar-refractivity contribution < 1.29 is 9.13 Å². The molecule has 0 saturated heterocycles. The van der Waals surface area contributed by atoms with Crippen LogP contribution in [0.3, 0.4) is 0 Å². The molecule has 0 saturated carbocycles. The van der Waals surface area contributed by atoms with Crippen molar-refractivity contribution in [3.63, 3.8) is 0 Å². The molecule has 0 bridgehead atoms. The summed E-state index contributed by atoms with van der Waals surface area (Å²) in [5, 5.41) is 0. The van der Waals surface area contributed by atoms with Crippen molar-refractivity contribution in [3.8, 4) is 18.1 Å². The summed E-state index contributed by atoms with van der Waals surface area (Å²) < 4.78 is 18.6. The van der Waals surface area contributed by atoms with Crippen LogP contribution in [0, 0.1) is 25.1 Å². The highest BCUT2D eigenvalue weighted by atomic mass is 19.1. The lowest BCUT2D eigenvalue weighted by molar-refractivity contribution is 0.296. The summed E-state index contributed by atoms with van der Waals surface area (Å²) in [4.78, 5) is 0. The molecule has 0 radical (unpaired) electrons. The fourth-order valence-electron chi connectivity index (χ4n) is 1.09. The Morgan fingerprint density at radius 1 is 1.50 bits per heavy atom. The molecule has 0 amide bonds. The van der Waals surface area contributed by atoms with E-state index in [1.54, 1.807) is 25.1 Å². The van der Waals surface area contributed by atoms with Gasteiger partial charge in [0.2, 0.25) is 0 Å². The van der Waals surface area contributed by atoms with E-state index >= 15 is 0 Å². The van der Waals surface area contributed by atoms with Crippen LogP contribution in [0.25, 0.3) is 0 Å². The van der Waals surface area contributed by atoms with Crippen LogP contribution in [0.4, 0.5) is 4.39 Å². The zero-order valence-electron chi connectivity index (χ0n) is 8.22. The van der Waals surface area contributed by atoms with E-state index in [0.717, 1.165) is 6.42 Å². The van der Waals surface area contributed by atoms with Gasteiger partial charge in [-0.1, -0.05) is 12.1 Å². The first-order valence-corrected chi connectivity index (χ1v) is 4.57. The van der Waals surface area contributed by atoms with Crippen LogP contribution in [0.2, 0.25) is 0 Å². The lowest BCUT2D eigenvalue weighted by atomic mass is 10.2. The van der Waals surface area contributed by atoms with Crippen molar-refractivity contribution in [2.75, 3.05) is 6.61 Å². The Labute approximate surface area is 83.9 Å². The van der Waals surface area contributed by atoms with Gasteiger partial charge in [0.1, 0.15) is 0 Å². The van der Waals surface area contributed by atoms with Crippen molar-refractivity contribution in [1.29, 1.82) is 0 Å². The average Bonchev–Trinajstić information content (AvgIpc) is 2.19. The zero-order chi connectivity index (χ0) is 10.4. The molecule has 2 heteroatoms. The number of benzene rings is 1.